The van der Waals surface area contributed by atoms with E-state index in [1.807, 2.05) is 6.08 Å². The molecular formula is C19H28N2O2. The van der Waals surface area contributed by atoms with E-state index < -0.39 is 0 Å². The maximum atomic E-state index is 11.9. The van der Waals surface area contributed by atoms with E-state index in [2.05, 4.69) is 24.3 Å². The molecule has 0 aromatic carbocycles. The highest BCUT2D eigenvalue weighted by molar-refractivity contribution is 5.92. The lowest BCUT2D eigenvalue weighted by atomic mass is 9.48. The SMILES string of the molecule is C[C@]12CCNC(=O)C=C1CC[C@@H]1[C@@H]2CC[C@]2(C)C(=NO)CC[C@@H]12. The van der Waals surface area contributed by atoms with Crippen molar-refractivity contribution in [2.24, 2.45) is 33.7 Å². The molecule has 126 valence electrons. The van der Waals surface area contributed by atoms with E-state index in [9.17, 15) is 10.0 Å². The van der Waals surface area contributed by atoms with Crippen LogP contribution in [0.5, 0.6) is 0 Å². The van der Waals surface area contributed by atoms with Gasteiger partial charge in [-0.3, -0.25) is 4.79 Å². The summed E-state index contributed by atoms with van der Waals surface area (Å²) in [5.41, 5.74) is 2.69. The highest BCUT2D eigenvalue weighted by Crippen LogP contribution is 2.63. The molecule has 0 radical (unpaired) electrons. The van der Waals surface area contributed by atoms with Crippen LogP contribution in [0.1, 0.15) is 58.8 Å². The van der Waals surface area contributed by atoms with Gasteiger partial charge in [0.1, 0.15) is 0 Å². The highest BCUT2D eigenvalue weighted by Gasteiger charge is 2.58. The molecular weight excluding hydrogens is 288 g/mol. The summed E-state index contributed by atoms with van der Waals surface area (Å²) in [7, 11) is 0. The number of nitrogens with zero attached hydrogens (tertiary/aromatic N) is 1. The normalized spacial score (nSPS) is 47.9. The van der Waals surface area contributed by atoms with Crippen LogP contribution in [0.25, 0.3) is 0 Å². The van der Waals surface area contributed by atoms with Crippen LogP contribution in [0, 0.1) is 28.6 Å². The van der Waals surface area contributed by atoms with E-state index in [0.717, 1.165) is 37.9 Å². The highest BCUT2D eigenvalue weighted by atomic mass is 16.4. The molecule has 1 heterocycles. The fraction of sp³-hybridized carbons (Fsp3) is 0.789. The number of hydrogen-bond acceptors (Lipinski definition) is 3. The second-order valence-electron chi connectivity index (χ2n) is 8.59. The number of hydrogen-bond donors (Lipinski definition) is 2. The van der Waals surface area contributed by atoms with Crippen molar-refractivity contribution in [3.63, 3.8) is 0 Å². The molecule has 4 heteroatoms. The molecule has 0 aromatic rings. The van der Waals surface area contributed by atoms with Gasteiger partial charge in [-0.1, -0.05) is 24.6 Å². The third-order valence-electron chi connectivity index (χ3n) is 7.85. The van der Waals surface area contributed by atoms with Gasteiger partial charge in [-0.05, 0) is 68.1 Å². The molecule has 0 saturated heterocycles. The lowest BCUT2D eigenvalue weighted by molar-refractivity contribution is -0.116. The third kappa shape index (κ3) is 2.03. The first kappa shape index (κ1) is 15.2. The minimum Gasteiger partial charge on any atom is -0.411 e. The molecule has 3 aliphatic carbocycles. The van der Waals surface area contributed by atoms with Gasteiger partial charge in [0.15, 0.2) is 0 Å². The van der Waals surface area contributed by atoms with Crippen molar-refractivity contribution in [2.45, 2.75) is 58.8 Å². The van der Waals surface area contributed by atoms with Crippen molar-refractivity contribution >= 4 is 11.6 Å². The summed E-state index contributed by atoms with van der Waals surface area (Å²) in [6, 6.07) is 0. The molecule has 0 aromatic heterocycles. The Labute approximate surface area is 138 Å². The van der Waals surface area contributed by atoms with Crippen molar-refractivity contribution < 1.29 is 10.0 Å². The predicted octanol–water partition coefficient (Wildman–Crippen LogP) is 3.51. The first-order valence-electron chi connectivity index (χ1n) is 9.19. The Morgan fingerprint density at radius 3 is 2.70 bits per heavy atom. The predicted molar refractivity (Wildman–Crippen MR) is 89.3 cm³/mol. The molecule has 4 rings (SSSR count). The first-order valence-corrected chi connectivity index (χ1v) is 9.19. The molecule has 1 amide bonds. The lowest BCUT2D eigenvalue weighted by Gasteiger charge is -2.56. The summed E-state index contributed by atoms with van der Waals surface area (Å²) in [4.78, 5) is 11.9. The fourth-order valence-electron chi connectivity index (χ4n) is 6.52. The molecule has 23 heavy (non-hydrogen) atoms. The number of oxime groups is 1. The zero-order chi connectivity index (χ0) is 16.2. The Morgan fingerprint density at radius 2 is 1.91 bits per heavy atom. The summed E-state index contributed by atoms with van der Waals surface area (Å²) in [5.74, 6) is 2.13. The van der Waals surface area contributed by atoms with Crippen LogP contribution >= 0.6 is 0 Å². The van der Waals surface area contributed by atoms with E-state index in [-0.39, 0.29) is 16.7 Å². The topological polar surface area (TPSA) is 61.7 Å². The van der Waals surface area contributed by atoms with Crippen LogP contribution < -0.4 is 5.32 Å². The monoisotopic (exact) mass is 316 g/mol. The average molecular weight is 316 g/mol. The Hall–Kier alpha value is -1.32. The van der Waals surface area contributed by atoms with Crippen LogP contribution in [0.3, 0.4) is 0 Å². The summed E-state index contributed by atoms with van der Waals surface area (Å²) < 4.78 is 0. The van der Waals surface area contributed by atoms with Gasteiger partial charge >= 0.3 is 0 Å². The number of nitrogens with one attached hydrogen (secondary N) is 1. The molecule has 4 nitrogen and oxygen atoms in total. The Morgan fingerprint density at radius 1 is 1.13 bits per heavy atom. The van der Waals surface area contributed by atoms with Crippen LogP contribution in [-0.4, -0.2) is 23.4 Å². The molecule has 0 unspecified atom stereocenters. The number of fused-ring (bicyclic) bond motifs is 5. The minimum atomic E-state index is 0.0957. The van der Waals surface area contributed by atoms with E-state index in [0.29, 0.717) is 17.8 Å². The van der Waals surface area contributed by atoms with Gasteiger partial charge in [-0.2, -0.15) is 0 Å². The number of carbonyl (C=O) groups excluding carboxylic acids is 1. The van der Waals surface area contributed by atoms with Crippen LogP contribution in [0.15, 0.2) is 16.8 Å². The number of carbonyl (C=O) groups is 1. The van der Waals surface area contributed by atoms with E-state index in [4.69, 9.17) is 0 Å². The van der Waals surface area contributed by atoms with Crippen LogP contribution in [0.2, 0.25) is 0 Å². The number of rotatable bonds is 0. The van der Waals surface area contributed by atoms with Crippen molar-refractivity contribution in [3.8, 4) is 0 Å². The Bertz CT molecular complexity index is 596. The van der Waals surface area contributed by atoms with Crippen molar-refractivity contribution in [1.82, 2.24) is 5.32 Å². The molecule has 5 atom stereocenters. The van der Waals surface area contributed by atoms with Crippen molar-refractivity contribution in [3.05, 3.63) is 11.6 Å². The van der Waals surface area contributed by atoms with Crippen LogP contribution in [-0.2, 0) is 4.79 Å². The maximum absolute atomic E-state index is 11.9. The van der Waals surface area contributed by atoms with Crippen molar-refractivity contribution in [1.29, 1.82) is 0 Å². The molecule has 2 N–H and O–H groups in total. The second kappa shape index (κ2) is 5.09. The largest absolute Gasteiger partial charge is 0.411 e. The van der Waals surface area contributed by atoms with Gasteiger partial charge in [0.25, 0.3) is 0 Å². The van der Waals surface area contributed by atoms with Gasteiger partial charge in [0.2, 0.25) is 5.91 Å². The van der Waals surface area contributed by atoms with Gasteiger partial charge in [-0.25, -0.2) is 0 Å². The Kier molecular flexibility index (Phi) is 3.37. The molecule has 1 aliphatic heterocycles. The molecule has 3 fully saturated rings. The maximum Gasteiger partial charge on any atom is 0.243 e. The van der Waals surface area contributed by atoms with E-state index in [1.165, 1.54) is 24.8 Å². The zero-order valence-corrected chi connectivity index (χ0v) is 14.3. The Balaban J connectivity index is 1.70. The van der Waals surface area contributed by atoms with E-state index >= 15 is 0 Å². The summed E-state index contributed by atoms with van der Waals surface area (Å²) in [6.07, 6.45) is 9.66. The second-order valence-corrected chi connectivity index (χ2v) is 8.59. The quantitative estimate of drug-likeness (QED) is 0.531. The molecule has 4 aliphatic rings. The molecule has 0 bridgehead atoms. The zero-order valence-electron chi connectivity index (χ0n) is 14.3. The minimum absolute atomic E-state index is 0.0957. The first-order chi connectivity index (χ1) is 11.0. The summed E-state index contributed by atoms with van der Waals surface area (Å²) in [5, 5.41) is 16.1. The molecule has 0 spiro atoms. The number of amides is 1. The third-order valence-corrected chi connectivity index (χ3v) is 7.85. The summed E-state index contributed by atoms with van der Waals surface area (Å²) >= 11 is 0. The molecule has 3 saturated carbocycles. The fourth-order valence-corrected chi connectivity index (χ4v) is 6.52. The lowest BCUT2D eigenvalue weighted by Crippen LogP contribution is -2.50. The van der Waals surface area contributed by atoms with Gasteiger partial charge in [-0.15, -0.1) is 0 Å². The average Bonchev–Trinajstić information content (AvgIpc) is 2.78. The smallest absolute Gasteiger partial charge is 0.243 e. The van der Waals surface area contributed by atoms with Gasteiger partial charge < -0.3 is 10.5 Å². The number of allylic oxidation sites excluding steroid dienone is 1. The summed E-state index contributed by atoms with van der Waals surface area (Å²) in [6.45, 7) is 5.51. The van der Waals surface area contributed by atoms with Crippen LogP contribution in [0.4, 0.5) is 0 Å². The van der Waals surface area contributed by atoms with E-state index in [1.54, 1.807) is 0 Å². The van der Waals surface area contributed by atoms with Gasteiger partial charge in [0.05, 0.1) is 5.71 Å². The standard InChI is InChI=1S/C19H28N2O2/c1-18-9-10-20-17(22)11-12(18)3-4-13-14-5-6-16(21-23)19(14,2)8-7-15(13)18/h11,13-15,23H,3-10H2,1-2H3,(H,20,22)/t13-,14-,15-,18-,19-/m0/s1. The van der Waals surface area contributed by atoms with Crippen molar-refractivity contribution in [2.75, 3.05) is 6.54 Å². The van der Waals surface area contributed by atoms with Gasteiger partial charge in [0, 0.05) is 18.0 Å².